The molecule has 31 heavy (non-hydrogen) atoms. The van der Waals surface area contributed by atoms with Crippen LogP contribution >= 0.6 is 11.6 Å². The smallest absolute Gasteiger partial charge is 0.262 e. The molecule has 0 spiro atoms. The van der Waals surface area contributed by atoms with Gasteiger partial charge in [0.2, 0.25) is 5.91 Å². The summed E-state index contributed by atoms with van der Waals surface area (Å²) in [5.74, 6) is -0.550. The lowest BCUT2D eigenvalue weighted by Gasteiger charge is -2.26. The molecule has 2 amide bonds. The van der Waals surface area contributed by atoms with E-state index < -0.39 is 0 Å². The quantitative estimate of drug-likeness (QED) is 0.593. The summed E-state index contributed by atoms with van der Waals surface area (Å²) in [4.78, 5) is 27.1. The number of nitrogens with zero attached hydrogens (tertiary/aromatic N) is 4. The molecular formula is C22H27ClN4O4. The van der Waals surface area contributed by atoms with Crippen LogP contribution in [0, 0.1) is 0 Å². The number of ether oxygens (including phenoxy) is 2. The Balaban J connectivity index is 1.87. The summed E-state index contributed by atoms with van der Waals surface area (Å²) in [7, 11) is 4.94. The van der Waals surface area contributed by atoms with E-state index in [0.29, 0.717) is 18.1 Å². The Morgan fingerprint density at radius 1 is 1.19 bits per heavy atom. The standard InChI is InChI=1S/C22H27ClN4O4/c1-25-10-4-5-19(25)18-13-20(16-6-8-17(23)9-7-16)27(24-18)21(28)14-26(11-12-30-2)22(29)15-31-3/h4-10,20H,11-15H2,1-3H3. The van der Waals surface area contributed by atoms with Crippen molar-refractivity contribution in [1.82, 2.24) is 14.5 Å². The van der Waals surface area contributed by atoms with Crippen molar-refractivity contribution >= 4 is 29.1 Å². The molecule has 1 aromatic heterocycles. The van der Waals surface area contributed by atoms with Crippen molar-refractivity contribution < 1.29 is 19.1 Å². The summed E-state index contributed by atoms with van der Waals surface area (Å²) in [6, 6.07) is 11.0. The Hall–Kier alpha value is -2.68. The second-order valence-corrected chi connectivity index (χ2v) is 7.74. The minimum atomic E-state index is -0.281. The van der Waals surface area contributed by atoms with Gasteiger partial charge in [0.1, 0.15) is 13.2 Å². The molecule has 1 atom stereocenters. The van der Waals surface area contributed by atoms with E-state index in [1.807, 2.05) is 42.1 Å². The number of hydrogen-bond donors (Lipinski definition) is 0. The van der Waals surface area contributed by atoms with Crippen molar-refractivity contribution in [2.75, 3.05) is 40.5 Å². The second kappa shape index (κ2) is 10.6. The number of rotatable bonds is 9. The van der Waals surface area contributed by atoms with Gasteiger partial charge < -0.3 is 18.9 Å². The zero-order valence-corrected chi connectivity index (χ0v) is 18.7. The summed E-state index contributed by atoms with van der Waals surface area (Å²) >= 11 is 6.05. The van der Waals surface area contributed by atoms with Gasteiger partial charge in [-0.3, -0.25) is 9.59 Å². The van der Waals surface area contributed by atoms with Gasteiger partial charge in [0.25, 0.3) is 5.91 Å². The fraction of sp³-hybridized carbons (Fsp3) is 0.409. The average Bonchev–Trinajstić information content (AvgIpc) is 3.38. The maximum Gasteiger partial charge on any atom is 0.262 e. The van der Waals surface area contributed by atoms with Gasteiger partial charge in [-0.2, -0.15) is 5.10 Å². The first kappa shape index (κ1) is 23.0. The number of aromatic nitrogens is 1. The number of halogens is 1. The highest BCUT2D eigenvalue weighted by atomic mass is 35.5. The van der Waals surface area contributed by atoms with Crippen molar-refractivity contribution in [3.63, 3.8) is 0 Å². The van der Waals surface area contributed by atoms with E-state index in [9.17, 15) is 9.59 Å². The molecule has 0 radical (unpaired) electrons. The molecule has 166 valence electrons. The molecule has 2 aromatic rings. The van der Waals surface area contributed by atoms with Crippen molar-refractivity contribution in [3.8, 4) is 0 Å². The normalized spacial score (nSPS) is 15.8. The van der Waals surface area contributed by atoms with Gasteiger partial charge in [-0.25, -0.2) is 5.01 Å². The lowest BCUT2D eigenvalue weighted by molar-refractivity contribution is -0.144. The first-order chi connectivity index (χ1) is 14.9. The second-order valence-electron chi connectivity index (χ2n) is 7.30. The molecule has 0 bridgehead atoms. The van der Waals surface area contributed by atoms with Crippen LogP contribution < -0.4 is 0 Å². The summed E-state index contributed by atoms with van der Waals surface area (Å²) in [6.45, 7) is 0.397. The molecule has 0 N–H and O–H groups in total. The Kier molecular flexibility index (Phi) is 7.84. The van der Waals surface area contributed by atoms with Gasteiger partial charge >= 0.3 is 0 Å². The van der Waals surface area contributed by atoms with Crippen LogP contribution in [0.1, 0.15) is 23.7 Å². The Labute approximate surface area is 187 Å². The SMILES string of the molecule is COCCN(CC(=O)N1N=C(c2cccn2C)CC1c1ccc(Cl)cc1)C(=O)COC. The Morgan fingerprint density at radius 2 is 1.94 bits per heavy atom. The largest absolute Gasteiger partial charge is 0.383 e. The van der Waals surface area contributed by atoms with E-state index in [1.165, 1.54) is 17.0 Å². The van der Waals surface area contributed by atoms with Gasteiger partial charge in [0.05, 0.1) is 24.1 Å². The molecule has 9 heteroatoms. The van der Waals surface area contributed by atoms with Crippen LogP contribution in [0.2, 0.25) is 5.02 Å². The fourth-order valence-corrected chi connectivity index (χ4v) is 3.67. The van der Waals surface area contributed by atoms with Crippen LogP contribution in [0.15, 0.2) is 47.7 Å². The number of hydrazone groups is 1. The van der Waals surface area contributed by atoms with Crippen LogP contribution in [0.25, 0.3) is 0 Å². The molecule has 3 rings (SSSR count). The Morgan fingerprint density at radius 3 is 2.55 bits per heavy atom. The number of carbonyl (C=O) groups is 2. The van der Waals surface area contributed by atoms with E-state index >= 15 is 0 Å². The molecule has 0 fully saturated rings. The topological polar surface area (TPSA) is 76.4 Å². The van der Waals surface area contributed by atoms with Crippen molar-refractivity contribution in [3.05, 3.63) is 58.9 Å². The summed E-state index contributed by atoms with van der Waals surface area (Å²) < 4.78 is 12.0. The highest BCUT2D eigenvalue weighted by Crippen LogP contribution is 2.33. The van der Waals surface area contributed by atoms with Crippen LogP contribution in [0.5, 0.6) is 0 Å². The number of methoxy groups -OCH3 is 2. The van der Waals surface area contributed by atoms with Crippen molar-refractivity contribution in [2.24, 2.45) is 12.1 Å². The Bertz CT molecular complexity index is 941. The zero-order chi connectivity index (χ0) is 22.4. The third-order valence-electron chi connectivity index (χ3n) is 5.17. The van der Waals surface area contributed by atoms with E-state index in [0.717, 1.165) is 17.0 Å². The highest BCUT2D eigenvalue weighted by Gasteiger charge is 2.34. The molecule has 1 aliphatic heterocycles. The van der Waals surface area contributed by atoms with Crippen molar-refractivity contribution in [1.29, 1.82) is 0 Å². The average molecular weight is 447 g/mol. The predicted octanol–water partition coefficient (Wildman–Crippen LogP) is 2.48. The molecule has 0 saturated carbocycles. The van der Waals surface area contributed by atoms with Gasteiger partial charge in [-0.1, -0.05) is 23.7 Å². The number of amides is 2. The van der Waals surface area contributed by atoms with Gasteiger partial charge in [-0.05, 0) is 29.8 Å². The zero-order valence-electron chi connectivity index (χ0n) is 18.0. The van der Waals surface area contributed by atoms with Gasteiger partial charge in [0, 0.05) is 45.5 Å². The van der Waals surface area contributed by atoms with Gasteiger partial charge in [-0.15, -0.1) is 0 Å². The third-order valence-corrected chi connectivity index (χ3v) is 5.42. The first-order valence-corrected chi connectivity index (χ1v) is 10.3. The highest BCUT2D eigenvalue weighted by molar-refractivity contribution is 6.30. The summed E-state index contributed by atoms with van der Waals surface area (Å²) in [6.07, 6.45) is 2.50. The molecule has 8 nitrogen and oxygen atoms in total. The van der Waals surface area contributed by atoms with Crippen LogP contribution in [-0.2, 0) is 26.1 Å². The third kappa shape index (κ3) is 5.52. The van der Waals surface area contributed by atoms with Crippen LogP contribution in [0.3, 0.4) is 0 Å². The van der Waals surface area contributed by atoms with Crippen LogP contribution in [0.4, 0.5) is 0 Å². The van der Waals surface area contributed by atoms with Crippen molar-refractivity contribution in [2.45, 2.75) is 12.5 Å². The first-order valence-electron chi connectivity index (χ1n) is 9.97. The molecule has 1 unspecified atom stereocenters. The molecule has 0 saturated heterocycles. The maximum absolute atomic E-state index is 13.3. The van der Waals surface area contributed by atoms with E-state index in [1.54, 1.807) is 19.2 Å². The molecular weight excluding hydrogens is 420 g/mol. The number of carbonyl (C=O) groups excluding carboxylic acids is 2. The fourth-order valence-electron chi connectivity index (χ4n) is 3.54. The summed E-state index contributed by atoms with van der Waals surface area (Å²) in [5.41, 5.74) is 2.69. The van der Waals surface area contributed by atoms with E-state index in [2.05, 4.69) is 5.10 Å². The minimum Gasteiger partial charge on any atom is -0.383 e. The van der Waals surface area contributed by atoms with Gasteiger partial charge in [0.15, 0.2) is 0 Å². The predicted molar refractivity (Wildman–Crippen MR) is 118 cm³/mol. The molecule has 0 aliphatic carbocycles. The monoisotopic (exact) mass is 446 g/mol. The lowest BCUT2D eigenvalue weighted by atomic mass is 10.0. The van der Waals surface area contributed by atoms with E-state index in [-0.39, 0.29) is 37.6 Å². The van der Waals surface area contributed by atoms with Crippen LogP contribution in [-0.4, -0.2) is 72.5 Å². The number of aryl methyl sites for hydroxylation is 1. The lowest BCUT2D eigenvalue weighted by Crippen LogP contribution is -2.44. The molecule has 1 aliphatic rings. The molecule has 1 aromatic carbocycles. The number of benzene rings is 1. The summed E-state index contributed by atoms with van der Waals surface area (Å²) in [5, 5.41) is 6.76. The number of hydrogen-bond acceptors (Lipinski definition) is 5. The minimum absolute atomic E-state index is 0.102. The maximum atomic E-state index is 13.3. The van der Waals surface area contributed by atoms with E-state index in [4.69, 9.17) is 21.1 Å². The molecule has 2 heterocycles.